The lowest BCUT2D eigenvalue weighted by Crippen LogP contribution is -2.53. The van der Waals surface area contributed by atoms with Crippen molar-refractivity contribution in [3.8, 4) is 0 Å². The second kappa shape index (κ2) is 6.48. The van der Waals surface area contributed by atoms with Crippen LogP contribution in [0.25, 0.3) is 0 Å². The largest absolute Gasteiger partial charge is 0.381 e. The second-order valence-electron chi connectivity index (χ2n) is 6.84. The Balaban J connectivity index is 1.64. The monoisotopic (exact) mass is 305 g/mol. The van der Waals surface area contributed by atoms with Crippen LogP contribution in [0.2, 0.25) is 0 Å². The zero-order chi connectivity index (χ0) is 15.6. The molecule has 1 saturated heterocycles. The third kappa shape index (κ3) is 3.24. The molecule has 1 aliphatic heterocycles. The van der Waals surface area contributed by atoms with Crippen LogP contribution < -0.4 is 11.1 Å². The molecule has 0 atom stereocenters. The summed E-state index contributed by atoms with van der Waals surface area (Å²) in [5.41, 5.74) is 7.13. The van der Waals surface area contributed by atoms with Gasteiger partial charge in [-0.3, -0.25) is 0 Å². The number of nitrogens with two attached hydrogens (primary N) is 1. The molecule has 2 fully saturated rings. The third-order valence-corrected chi connectivity index (χ3v) is 5.25. The summed E-state index contributed by atoms with van der Waals surface area (Å²) in [4.78, 5) is 11.1. The predicted octanol–water partition coefficient (Wildman–Crippen LogP) is 1.20. The van der Waals surface area contributed by atoms with E-state index in [1.54, 1.807) is 6.33 Å². The molecule has 1 aromatic rings. The molecule has 0 radical (unpaired) electrons. The minimum atomic E-state index is 0.141. The van der Waals surface area contributed by atoms with E-state index in [1.807, 2.05) is 0 Å². The molecule has 122 valence electrons. The molecule has 2 aliphatic rings. The van der Waals surface area contributed by atoms with Crippen molar-refractivity contribution in [2.45, 2.75) is 43.2 Å². The van der Waals surface area contributed by atoms with Gasteiger partial charge in [0.05, 0.1) is 0 Å². The zero-order valence-electron chi connectivity index (χ0n) is 13.6. The Hall–Kier alpha value is -1.24. The Morgan fingerprint density at radius 3 is 2.68 bits per heavy atom. The highest BCUT2D eigenvalue weighted by molar-refractivity contribution is 5.37. The SMILES string of the molecule is CN(C)C1(CNc2cc(C3CC(N)C3)ncn2)CCOCC1. The number of hydrogen-bond acceptors (Lipinski definition) is 6. The molecule has 6 nitrogen and oxygen atoms in total. The first-order chi connectivity index (χ1) is 10.6. The molecule has 0 unspecified atom stereocenters. The molecule has 22 heavy (non-hydrogen) atoms. The molecular formula is C16H27N5O. The quantitative estimate of drug-likeness (QED) is 0.851. The summed E-state index contributed by atoms with van der Waals surface area (Å²) in [6.45, 7) is 2.54. The number of aromatic nitrogens is 2. The summed E-state index contributed by atoms with van der Waals surface area (Å²) in [5, 5.41) is 3.51. The van der Waals surface area contributed by atoms with Crippen molar-refractivity contribution in [2.75, 3.05) is 39.2 Å². The van der Waals surface area contributed by atoms with E-state index in [-0.39, 0.29) is 5.54 Å². The van der Waals surface area contributed by atoms with E-state index in [0.29, 0.717) is 12.0 Å². The van der Waals surface area contributed by atoms with E-state index in [4.69, 9.17) is 10.5 Å². The molecule has 2 heterocycles. The standard InChI is InChI=1S/C16H27N5O/c1-21(2)16(3-5-22-6-4-16)10-18-15-9-14(19-11-20-15)12-7-13(17)8-12/h9,11-13H,3-8,10,17H2,1-2H3,(H,18,19,20). The lowest BCUT2D eigenvalue weighted by Gasteiger charge is -2.43. The van der Waals surface area contributed by atoms with Gasteiger partial charge in [0, 0.05) is 49.0 Å². The minimum absolute atomic E-state index is 0.141. The lowest BCUT2D eigenvalue weighted by atomic mass is 9.78. The van der Waals surface area contributed by atoms with Gasteiger partial charge in [0.2, 0.25) is 0 Å². The van der Waals surface area contributed by atoms with Crippen LogP contribution in [0, 0.1) is 0 Å². The summed E-state index contributed by atoms with van der Waals surface area (Å²) in [6.07, 6.45) is 5.82. The first-order valence-corrected chi connectivity index (χ1v) is 8.16. The van der Waals surface area contributed by atoms with Gasteiger partial charge in [-0.15, -0.1) is 0 Å². The molecule has 6 heteroatoms. The summed E-state index contributed by atoms with van der Waals surface area (Å²) in [6, 6.07) is 2.43. The summed E-state index contributed by atoms with van der Waals surface area (Å²) in [7, 11) is 4.29. The Bertz CT molecular complexity index is 495. The summed E-state index contributed by atoms with van der Waals surface area (Å²) < 4.78 is 5.52. The van der Waals surface area contributed by atoms with Crippen molar-refractivity contribution in [1.29, 1.82) is 0 Å². The van der Waals surface area contributed by atoms with Gasteiger partial charge in [-0.1, -0.05) is 0 Å². The van der Waals surface area contributed by atoms with Crippen LogP contribution in [0.15, 0.2) is 12.4 Å². The van der Waals surface area contributed by atoms with Crippen LogP contribution in [-0.2, 0) is 4.74 Å². The number of nitrogens with one attached hydrogen (secondary N) is 1. The molecule has 1 aliphatic carbocycles. The molecule has 0 amide bonds. The molecular weight excluding hydrogens is 278 g/mol. The Kier molecular flexibility index (Phi) is 4.61. The fourth-order valence-electron chi connectivity index (χ4n) is 3.38. The second-order valence-corrected chi connectivity index (χ2v) is 6.84. The number of nitrogens with zero attached hydrogens (tertiary/aromatic N) is 3. The van der Waals surface area contributed by atoms with E-state index in [1.165, 1.54) is 0 Å². The van der Waals surface area contributed by atoms with Crippen LogP contribution in [0.5, 0.6) is 0 Å². The Labute approximate surface area is 132 Å². The Morgan fingerprint density at radius 2 is 2.05 bits per heavy atom. The fraction of sp³-hybridized carbons (Fsp3) is 0.750. The van der Waals surface area contributed by atoms with Gasteiger partial charge in [-0.2, -0.15) is 0 Å². The fourth-order valence-corrected chi connectivity index (χ4v) is 3.38. The maximum Gasteiger partial charge on any atom is 0.129 e. The number of ether oxygens (including phenoxy) is 1. The van der Waals surface area contributed by atoms with Crippen molar-refractivity contribution >= 4 is 5.82 Å². The molecule has 0 spiro atoms. The van der Waals surface area contributed by atoms with E-state index in [2.05, 4.69) is 40.3 Å². The summed E-state index contributed by atoms with van der Waals surface area (Å²) >= 11 is 0. The molecule has 3 rings (SSSR count). The van der Waals surface area contributed by atoms with Crippen LogP contribution in [0.3, 0.4) is 0 Å². The highest BCUT2D eigenvalue weighted by Gasteiger charge is 2.35. The molecule has 3 N–H and O–H groups in total. The van der Waals surface area contributed by atoms with Gasteiger partial charge in [-0.05, 0) is 39.8 Å². The number of rotatable bonds is 5. The van der Waals surface area contributed by atoms with Gasteiger partial charge >= 0.3 is 0 Å². The van der Waals surface area contributed by atoms with Crippen molar-refractivity contribution in [3.05, 3.63) is 18.1 Å². The highest BCUT2D eigenvalue weighted by atomic mass is 16.5. The van der Waals surface area contributed by atoms with Gasteiger partial charge in [0.15, 0.2) is 0 Å². The van der Waals surface area contributed by atoms with Crippen LogP contribution in [-0.4, -0.2) is 60.3 Å². The van der Waals surface area contributed by atoms with Crippen LogP contribution in [0.1, 0.15) is 37.3 Å². The smallest absolute Gasteiger partial charge is 0.129 e. The molecule has 1 saturated carbocycles. The normalized spacial score (nSPS) is 27.5. The lowest BCUT2D eigenvalue weighted by molar-refractivity contribution is -0.000666. The highest BCUT2D eigenvalue weighted by Crippen LogP contribution is 2.35. The first kappa shape index (κ1) is 15.6. The maximum atomic E-state index is 5.87. The number of hydrogen-bond donors (Lipinski definition) is 2. The van der Waals surface area contributed by atoms with Crippen molar-refractivity contribution < 1.29 is 4.74 Å². The average molecular weight is 305 g/mol. The van der Waals surface area contributed by atoms with E-state index >= 15 is 0 Å². The van der Waals surface area contributed by atoms with Crippen molar-refractivity contribution in [1.82, 2.24) is 14.9 Å². The van der Waals surface area contributed by atoms with E-state index in [0.717, 1.165) is 57.0 Å². The van der Waals surface area contributed by atoms with Crippen molar-refractivity contribution in [2.24, 2.45) is 5.73 Å². The average Bonchev–Trinajstić information content (AvgIpc) is 2.51. The van der Waals surface area contributed by atoms with E-state index in [9.17, 15) is 0 Å². The summed E-state index contributed by atoms with van der Waals surface area (Å²) in [5.74, 6) is 1.42. The molecule has 0 aromatic carbocycles. The van der Waals surface area contributed by atoms with Crippen LogP contribution in [0.4, 0.5) is 5.82 Å². The van der Waals surface area contributed by atoms with Gasteiger partial charge < -0.3 is 20.7 Å². The third-order valence-electron chi connectivity index (χ3n) is 5.25. The molecule has 1 aromatic heterocycles. The topological polar surface area (TPSA) is 76.3 Å². The number of likely N-dealkylation sites (N-methyl/N-ethyl adjacent to an activating group) is 1. The minimum Gasteiger partial charge on any atom is -0.381 e. The predicted molar refractivity (Wildman–Crippen MR) is 86.9 cm³/mol. The number of anilines is 1. The van der Waals surface area contributed by atoms with Crippen LogP contribution >= 0.6 is 0 Å². The zero-order valence-corrected chi connectivity index (χ0v) is 13.6. The molecule has 0 bridgehead atoms. The maximum absolute atomic E-state index is 5.87. The Morgan fingerprint density at radius 1 is 1.32 bits per heavy atom. The first-order valence-electron chi connectivity index (χ1n) is 8.16. The van der Waals surface area contributed by atoms with Gasteiger partial charge in [0.25, 0.3) is 0 Å². The van der Waals surface area contributed by atoms with Crippen molar-refractivity contribution in [3.63, 3.8) is 0 Å². The van der Waals surface area contributed by atoms with E-state index < -0.39 is 0 Å². The van der Waals surface area contributed by atoms with Gasteiger partial charge in [-0.25, -0.2) is 9.97 Å². The van der Waals surface area contributed by atoms with Gasteiger partial charge in [0.1, 0.15) is 12.1 Å².